The molecule has 0 radical (unpaired) electrons. The van der Waals surface area contributed by atoms with E-state index >= 15 is 0 Å². The summed E-state index contributed by atoms with van der Waals surface area (Å²) in [5.74, 6) is -1.09. The van der Waals surface area contributed by atoms with E-state index in [0.29, 0.717) is 6.42 Å². The smallest absolute Gasteiger partial charge is 0.462 e. The highest BCUT2D eigenvalue weighted by Gasteiger charge is 2.21. The van der Waals surface area contributed by atoms with Crippen molar-refractivity contribution in [1.29, 1.82) is 0 Å². The fraction of sp³-hybridized carbons (Fsp3) is 0.826. The monoisotopic (exact) mass is 478 g/mol. The van der Waals surface area contributed by atoms with E-state index in [2.05, 4.69) is 23.6 Å². The van der Waals surface area contributed by atoms with E-state index in [4.69, 9.17) is 19.3 Å². The van der Waals surface area contributed by atoms with Crippen LogP contribution in [0, 0.1) is 0 Å². The first-order chi connectivity index (χ1) is 15.2. The lowest BCUT2D eigenvalue weighted by Crippen LogP contribution is -2.28. The van der Waals surface area contributed by atoms with Crippen molar-refractivity contribution in [1.82, 2.24) is 0 Å². The number of allylic oxidation sites excluding steroid dienone is 2. The maximum Gasteiger partial charge on any atom is 0.469 e. The van der Waals surface area contributed by atoms with Crippen LogP contribution in [0.4, 0.5) is 0 Å². The summed E-state index contributed by atoms with van der Waals surface area (Å²) in [7, 11) is -4.69. The van der Waals surface area contributed by atoms with Gasteiger partial charge in [0.2, 0.25) is 0 Å². The summed E-state index contributed by atoms with van der Waals surface area (Å²) in [4.78, 5) is 40.3. The minimum atomic E-state index is -4.69. The van der Waals surface area contributed by atoms with Crippen molar-refractivity contribution < 1.29 is 37.9 Å². The average Bonchev–Trinajstić information content (AvgIpc) is 2.72. The molecule has 0 amide bonds. The summed E-state index contributed by atoms with van der Waals surface area (Å²) in [5, 5.41) is 0. The van der Waals surface area contributed by atoms with Crippen LogP contribution in [0.5, 0.6) is 0 Å². The lowest BCUT2D eigenvalue weighted by atomic mass is 10.1. The maximum atomic E-state index is 11.8. The van der Waals surface area contributed by atoms with Crippen molar-refractivity contribution in [3.05, 3.63) is 12.2 Å². The van der Waals surface area contributed by atoms with Crippen molar-refractivity contribution in [3.8, 4) is 0 Å². The molecule has 0 heterocycles. The molecule has 0 aliphatic heterocycles. The van der Waals surface area contributed by atoms with Gasteiger partial charge in [-0.15, -0.1) is 0 Å². The Labute approximate surface area is 193 Å². The molecule has 0 aromatic heterocycles. The number of phosphoric ester groups is 1. The van der Waals surface area contributed by atoms with E-state index in [1.807, 2.05) is 0 Å². The zero-order valence-corrected chi connectivity index (χ0v) is 20.7. The van der Waals surface area contributed by atoms with Gasteiger partial charge < -0.3 is 19.3 Å². The van der Waals surface area contributed by atoms with Gasteiger partial charge in [0, 0.05) is 13.3 Å². The standard InChI is InChI=1S/C23H43O8P/c1-3-4-5-6-7-8-9-10-11-12-13-14-15-16-17-18-23(25)29-19-22(31-21(2)24)20-30-32(26,27)28/h10-11,22H,3-9,12-20H2,1-2H3,(H2,26,27,28)/b11-10-. The lowest BCUT2D eigenvalue weighted by Gasteiger charge is -2.17. The Morgan fingerprint density at radius 3 is 1.91 bits per heavy atom. The predicted octanol–water partition coefficient (Wildman–Crippen LogP) is 5.61. The van der Waals surface area contributed by atoms with Crippen molar-refractivity contribution in [2.45, 2.75) is 110 Å². The second-order valence-electron chi connectivity index (χ2n) is 8.04. The molecular formula is C23H43O8P. The number of hydrogen-bond acceptors (Lipinski definition) is 6. The van der Waals surface area contributed by atoms with Gasteiger partial charge in [0.05, 0.1) is 6.61 Å². The molecule has 32 heavy (non-hydrogen) atoms. The number of carbonyl (C=O) groups is 2. The van der Waals surface area contributed by atoms with Gasteiger partial charge in [-0.25, -0.2) is 4.57 Å². The summed E-state index contributed by atoms with van der Waals surface area (Å²) in [6, 6.07) is 0. The van der Waals surface area contributed by atoms with Crippen molar-refractivity contribution in [2.24, 2.45) is 0 Å². The van der Waals surface area contributed by atoms with Gasteiger partial charge in [0.15, 0.2) is 6.10 Å². The number of hydrogen-bond donors (Lipinski definition) is 2. The van der Waals surface area contributed by atoms with Crippen molar-refractivity contribution in [2.75, 3.05) is 13.2 Å². The minimum absolute atomic E-state index is 0.254. The fourth-order valence-corrected chi connectivity index (χ4v) is 3.49. The highest BCUT2D eigenvalue weighted by Crippen LogP contribution is 2.35. The van der Waals surface area contributed by atoms with Crippen molar-refractivity contribution >= 4 is 19.8 Å². The zero-order chi connectivity index (χ0) is 24.1. The Morgan fingerprint density at radius 1 is 0.844 bits per heavy atom. The van der Waals surface area contributed by atoms with Crippen molar-refractivity contribution in [3.63, 3.8) is 0 Å². The van der Waals surface area contributed by atoms with Crippen LogP contribution in [-0.4, -0.2) is 41.0 Å². The molecule has 0 saturated carbocycles. The average molecular weight is 479 g/mol. The van der Waals surface area contributed by atoms with E-state index in [-0.39, 0.29) is 13.0 Å². The zero-order valence-electron chi connectivity index (χ0n) is 19.8. The van der Waals surface area contributed by atoms with Gasteiger partial charge in [-0.1, -0.05) is 70.4 Å². The van der Waals surface area contributed by atoms with Gasteiger partial charge >= 0.3 is 19.8 Å². The van der Waals surface area contributed by atoms with Crippen LogP contribution in [0.2, 0.25) is 0 Å². The highest BCUT2D eigenvalue weighted by atomic mass is 31.2. The summed E-state index contributed by atoms with van der Waals surface area (Å²) in [5.41, 5.74) is 0. The Balaban J connectivity index is 3.66. The summed E-state index contributed by atoms with van der Waals surface area (Å²) in [6.45, 7) is 2.53. The van der Waals surface area contributed by atoms with Crippen LogP contribution in [0.25, 0.3) is 0 Å². The molecule has 0 aliphatic carbocycles. The van der Waals surface area contributed by atoms with Gasteiger partial charge in [-0.05, 0) is 32.1 Å². The van der Waals surface area contributed by atoms with Crippen LogP contribution in [-0.2, 0) is 28.2 Å². The Kier molecular flexibility index (Phi) is 19.6. The first kappa shape index (κ1) is 30.8. The first-order valence-electron chi connectivity index (χ1n) is 11.9. The van der Waals surface area contributed by atoms with Crippen LogP contribution < -0.4 is 0 Å². The van der Waals surface area contributed by atoms with Crippen LogP contribution in [0.1, 0.15) is 104 Å². The van der Waals surface area contributed by atoms with Crippen LogP contribution in [0.15, 0.2) is 12.2 Å². The molecule has 9 heteroatoms. The summed E-state index contributed by atoms with van der Waals surface area (Å²) < 4.78 is 24.9. The quantitative estimate of drug-likeness (QED) is 0.0946. The molecule has 2 N–H and O–H groups in total. The van der Waals surface area contributed by atoms with Gasteiger partial charge in [-0.3, -0.25) is 14.1 Å². The normalized spacial score (nSPS) is 12.8. The summed E-state index contributed by atoms with van der Waals surface area (Å²) in [6.07, 6.45) is 19.0. The minimum Gasteiger partial charge on any atom is -0.462 e. The molecule has 0 aliphatic rings. The topological polar surface area (TPSA) is 119 Å². The molecule has 188 valence electrons. The van der Waals surface area contributed by atoms with E-state index in [0.717, 1.165) is 39.0 Å². The third kappa shape index (κ3) is 23.5. The Hall–Kier alpha value is -1.21. The SMILES string of the molecule is CCCCCCCC/C=C\CCCCCCCC(=O)OCC(COP(=O)(O)O)OC(C)=O. The second-order valence-corrected chi connectivity index (χ2v) is 9.27. The van der Waals surface area contributed by atoms with Gasteiger partial charge in [0.25, 0.3) is 0 Å². The number of ether oxygens (including phenoxy) is 2. The molecule has 1 atom stereocenters. The third-order valence-electron chi connectivity index (χ3n) is 4.83. The number of rotatable bonds is 21. The molecule has 0 aromatic rings. The van der Waals surface area contributed by atoms with E-state index in [1.165, 1.54) is 44.9 Å². The second kappa shape index (κ2) is 20.4. The van der Waals surface area contributed by atoms with Crippen LogP contribution in [0.3, 0.4) is 0 Å². The number of phosphoric acid groups is 1. The van der Waals surface area contributed by atoms with E-state index in [9.17, 15) is 14.2 Å². The molecular weight excluding hydrogens is 435 g/mol. The highest BCUT2D eigenvalue weighted by molar-refractivity contribution is 7.46. The maximum absolute atomic E-state index is 11.8. The van der Waals surface area contributed by atoms with Gasteiger partial charge in [0.1, 0.15) is 6.61 Å². The Bertz CT molecular complexity index is 558. The third-order valence-corrected chi connectivity index (χ3v) is 5.32. The predicted molar refractivity (Wildman–Crippen MR) is 124 cm³/mol. The number of carbonyl (C=O) groups excluding carboxylic acids is 2. The first-order valence-corrected chi connectivity index (χ1v) is 13.5. The lowest BCUT2D eigenvalue weighted by molar-refractivity contribution is -0.159. The fourth-order valence-electron chi connectivity index (χ4n) is 3.13. The van der Waals surface area contributed by atoms with Crippen LogP contribution >= 0.6 is 7.82 Å². The molecule has 0 spiro atoms. The Morgan fingerprint density at radius 2 is 1.38 bits per heavy atom. The molecule has 0 rings (SSSR count). The van der Waals surface area contributed by atoms with E-state index < -0.39 is 32.5 Å². The molecule has 0 fully saturated rings. The van der Waals surface area contributed by atoms with Gasteiger partial charge in [-0.2, -0.15) is 0 Å². The molecule has 0 saturated heterocycles. The number of esters is 2. The summed E-state index contributed by atoms with van der Waals surface area (Å²) >= 11 is 0. The molecule has 0 bridgehead atoms. The molecule has 8 nitrogen and oxygen atoms in total. The number of unbranched alkanes of at least 4 members (excludes halogenated alkanes) is 11. The molecule has 1 unspecified atom stereocenters. The molecule has 0 aromatic carbocycles. The largest absolute Gasteiger partial charge is 0.469 e. The van der Waals surface area contributed by atoms with E-state index in [1.54, 1.807) is 0 Å².